The third-order valence-corrected chi connectivity index (χ3v) is 26.3. The minimum Gasteiger partial charge on any atom is -0.370 e. The molecule has 0 atom stereocenters. The first-order valence-corrected chi connectivity index (χ1v) is 56.6. The first-order chi connectivity index (χ1) is 65.3. The molecule has 3 fully saturated rings. The second kappa shape index (κ2) is 68.8. The minimum atomic E-state index is -3.49. The van der Waals surface area contributed by atoms with E-state index in [2.05, 4.69) is 273 Å². The van der Waals surface area contributed by atoms with Gasteiger partial charge in [-0.2, -0.15) is 9.59 Å². The molecule has 0 aliphatic carbocycles. The lowest BCUT2D eigenvalue weighted by molar-refractivity contribution is -0.191. The van der Waals surface area contributed by atoms with Gasteiger partial charge in [0, 0.05) is 190 Å². The number of hydrogen-bond donors (Lipinski definition) is 3. The Morgan fingerprint density at radius 1 is 0.289 bits per heavy atom. The first-order valence-electron chi connectivity index (χ1n) is 50.6. The molecule has 35 heteroatoms. The predicted octanol–water partition coefficient (Wildman–Crippen LogP) is 22.3. The smallest absolute Gasteiger partial charge is 0.370 e. The highest BCUT2D eigenvalue weighted by Gasteiger charge is 2.40. The predicted molar refractivity (Wildman–Crippen MR) is 586 cm³/mol. The topological polar surface area (TPSA) is 286 Å². The zero-order valence-electron chi connectivity index (χ0n) is 95.2. The largest absolute Gasteiger partial charge is 0.373 e. The summed E-state index contributed by atoms with van der Waals surface area (Å²) in [5.41, 5.74) is 2.29. The average molecular weight is 2100 g/mol. The van der Waals surface area contributed by atoms with Gasteiger partial charge in [-0.05, 0) is 256 Å². The third-order valence-electron chi connectivity index (χ3n) is 19.0. The molecular formula is C107H199N12O18P5. The molecule has 0 aromatic heterocycles. The van der Waals surface area contributed by atoms with Gasteiger partial charge in [0.05, 0.1) is 61.6 Å². The lowest BCUT2D eigenvalue weighted by atomic mass is 9.96. The molecule has 3 aliphatic rings. The van der Waals surface area contributed by atoms with Crippen LogP contribution >= 0.6 is 41.2 Å². The lowest BCUT2D eigenvalue weighted by Crippen LogP contribution is -2.47. The molecule has 7 rings (SSSR count). The Balaban J connectivity index is 0.00000179. The van der Waals surface area contributed by atoms with E-state index in [9.17, 15) is 18.3 Å². The van der Waals surface area contributed by atoms with Crippen LogP contribution in [0.1, 0.15) is 272 Å². The SMILES string of the molecule is C=O.CC(C)(C)CN1CCNCCN(CP(=O)(OC(C)(C)C)OC(C)(C)C)CCN(COP=O)CC1.CC(C)(C)OC(C)(C)C.CC(C)(C)OC(C)(C)C.CC(C)(C)OP(=O)(CN1CCN(COP=O)CCN(Cc2ccccc2)CCN(Cc2ccccc2)CC1)OC(C)(C)C.CC(C)(C)OP(OC(C)(C)C)OC(C)(C)C.O=C=O.c1ccc(CN2CCNCCNCCN(Cc3ccccc3)CC2)cc1. The molecule has 4 aromatic rings. The summed E-state index contributed by atoms with van der Waals surface area (Å²) in [5, 5.41) is 10.6. The maximum Gasteiger partial charge on any atom is 0.373 e. The fraction of sp³-hybridized carbons (Fsp3) is 0.757. The Kier molecular flexibility index (Phi) is 66.9. The summed E-state index contributed by atoms with van der Waals surface area (Å²) in [7, 11) is -8.86. The van der Waals surface area contributed by atoms with Crippen molar-refractivity contribution in [3.8, 4) is 0 Å². The Morgan fingerprint density at radius 3 is 0.697 bits per heavy atom. The van der Waals surface area contributed by atoms with Crippen LogP contribution < -0.4 is 16.0 Å². The summed E-state index contributed by atoms with van der Waals surface area (Å²) in [4.78, 5) is 45.5. The van der Waals surface area contributed by atoms with Crippen LogP contribution in [0.4, 0.5) is 0 Å². The summed E-state index contributed by atoms with van der Waals surface area (Å²) in [5.74, 6) is 0. The number of nitrogens with zero attached hydrogens (tertiary/aromatic N) is 9. The van der Waals surface area contributed by atoms with Crippen molar-refractivity contribution in [2.45, 2.75) is 337 Å². The van der Waals surface area contributed by atoms with E-state index in [4.69, 9.17) is 64.6 Å². The molecule has 3 heterocycles. The summed E-state index contributed by atoms with van der Waals surface area (Å²) in [6.07, 6.45) is 0.656. The summed E-state index contributed by atoms with van der Waals surface area (Å²) >= 11 is 0. The molecule has 0 unspecified atom stereocenters. The quantitative estimate of drug-likeness (QED) is 0.0492. The number of rotatable bonds is 26. The normalized spacial score (nSPS) is 17.4. The summed E-state index contributed by atoms with van der Waals surface area (Å²) in [6, 6.07) is 42.8. The molecular weight excluding hydrogens is 1900 g/mol. The minimum absolute atomic E-state index is 0.0156. The second-order valence-corrected chi connectivity index (χ2v) is 53.7. The van der Waals surface area contributed by atoms with Crippen molar-refractivity contribution in [2.24, 2.45) is 5.41 Å². The maximum absolute atomic E-state index is 14.2. The number of nitrogens with one attached hydrogen (secondary N) is 3. The van der Waals surface area contributed by atoms with Crippen molar-refractivity contribution in [1.82, 2.24) is 60.0 Å². The average Bonchev–Trinajstić information content (AvgIpc) is 0.824. The maximum atomic E-state index is 14.2. The fourth-order valence-corrected chi connectivity index (χ4v) is 22.0. The highest BCUT2D eigenvalue weighted by molar-refractivity contribution is 7.54. The van der Waals surface area contributed by atoms with E-state index in [1.165, 1.54) is 22.3 Å². The fourth-order valence-electron chi connectivity index (χ4n) is 14.9. The Labute approximate surface area is 867 Å². The van der Waals surface area contributed by atoms with Crippen LogP contribution in [0.2, 0.25) is 0 Å². The lowest BCUT2D eigenvalue weighted by Gasteiger charge is -2.37. The zero-order valence-corrected chi connectivity index (χ0v) is 99.7. The van der Waals surface area contributed by atoms with E-state index in [1.807, 2.05) is 164 Å². The molecule has 3 aliphatic heterocycles. The molecule has 142 heavy (non-hydrogen) atoms. The van der Waals surface area contributed by atoms with E-state index < -0.39 is 46.2 Å². The molecule has 0 radical (unpaired) electrons. The van der Waals surface area contributed by atoms with Gasteiger partial charge < -0.3 is 66.8 Å². The molecule has 0 amide bonds. The van der Waals surface area contributed by atoms with Crippen LogP contribution in [0.3, 0.4) is 0 Å². The number of benzene rings is 4. The van der Waals surface area contributed by atoms with Crippen LogP contribution in [0.25, 0.3) is 0 Å². The first kappa shape index (κ1) is 138. The van der Waals surface area contributed by atoms with E-state index in [0.29, 0.717) is 32.7 Å². The van der Waals surface area contributed by atoms with Gasteiger partial charge in [-0.25, -0.2) is 9.13 Å². The van der Waals surface area contributed by atoms with E-state index in [1.54, 1.807) is 0 Å². The van der Waals surface area contributed by atoms with Gasteiger partial charge in [-0.1, -0.05) is 142 Å². The van der Waals surface area contributed by atoms with Crippen LogP contribution in [0.15, 0.2) is 121 Å². The molecule has 4 aromatic carbocycles. The van der Waals surface area contributed by atoms with Crippen molar-refractivity contribution in [2.75, 3.05) is 190 Å². The monoisotopic (exact) mass is 2100 g/mol. The van der Waals surface area contributed by atoms with Crippen LogP contribution in [0.5, 0.6) is 0 Å². The molecule has 0 saturated carbocycles. The van der Waals surface area contributed by atoms with Gasteiger partial charge in [0.1, 0.15) is 32.8 Å². The highest BCUT2D eigenvalue weighted by atomic mass is 31.2. The van der Waals surface area contributed by atoms with Crippen LogP contribution in [-0.2, 0) is 109 Å². The highest BCUT2D eigenvalue weighted by Crippen LogP contribution is 2.56. The van der Waals surface area contributed by atoms with Gasteiger partial charge in [-0.15, -0.1) is 0 Å². The van der Waals surface area contributed by atoms with Gasteiger partial charge in [-0.3, -0.25) is 57.4 Å². The van der Waals surface area contributed by atoms with Crippen LogP contribution in [0, 0.1) is 5.41 Å². The molecule has 820 valence electrons. The molecule has 0 spiro atoms. The van der Waals surface area contributed by atoms with Gasteiger partial charge >= 0.3 is 47.3 Å². The number of carbonyl (C=O) groups is 1. The third kappa shape index (κ3) is 83.9. The molecule has 3 N–H and O–H groups in total. The number of carbonyl (C=O) groups excluding carboxylic acids is 3. The molecule has 0 bridgehead atoms. The van der Waals surface area contributed by atoms with E-state index in [-0.39, 0.29) is 94.2 Å². The van der Waals surface area contributed by atoms with E-state index in [0.717, 1.165) is 157 Å². The molecule has 30 nitrogen and oxygen atoms in total. The Bertz CT molecular complexity index is 3840. The summed E-state index contributed by atoms with van der Waals surface area (Å²) < 4.78 is 114. The van der Waals surface area contributed by atoms with Gasteiger partial charge in [0.2, 0.25) is 0 Å². The number of ether oxygens (including phenoxy) is 2. The van der Waals surface area contributed by atoms with Crippen molar-refractivity contribution >= 4 is 54.1 Å². The molecule has 3 saturated heterocycles. The van der Waals surface area contributed by atoms with Gasteiger partial charge in [0.25, 0.3) is 0 Å². The Hall–Kier alpha value is -3.90. The zero-order chi connectivity index (χ0) is 109. The Morgan fingerprint density at radius 2 is 0.486 bits per heavy atom. The van der Waals surface area contributed by atoms with E-state index >= 15 is 0 Å². The van der Waals surface area contributed by atoms with Crippen molar-refractivity contribution < 1.29 is 82.8 Å². The second-order valence-electron chi connectivity index (χ2n) is 48.2. The number of hydrogen-bond acceptors (Lipinski definition) is 30. The van der Waals surface area contributed by atoms with Gasteiger partial charge in [0.15, 0.2) is 0 Å². The van der Waals surface area contributed by atoms with Crippen molar-refractivity contribution in [1.29, 1.82) is 0 Å². The van der Waals surface area contributed by atoms with Crippen LogP contribution in [-0.4, -0.2) is 308 Å². The standard InChI is InChI=1S/C32H52N4O5P2.C23H50N4O5P2.C22H32N4.C12H27O3P.2C8H18O.CO2.CH2O/c1-31(2,3)40-43(38,41-32(4,5)6)28-36-23-20-34(26-30-15-11-8-12-16-30)18-17-33(25-29-13-9-7-10-14-29)19-21-35(22-24-36)27-39-42-37;1-21(2,3)18-25-12-10-24-11-13-27(17-16-26(15-14-25)19-30-33-28)20-34(29,31-22(4,5)6)32-23(7,8)9;1-3-7-21(8-4-1)19-25-15-13-23-11-12-24-14-16-26(18-17-25)20-22-9-5-2-6-10-22;1-10(2,3)13-16(14-11(4,5)6)15-12(7,8)9;2*1-7(2,3)9-8(4,5)6;2-1-3;1-2/h7-16H,17-28H2,1-6H3;24H,10-20H2,1-9H3;1-10,23-24H,11-20H2;1-9H3;2*1-6H3;;1H2. The van der Waals surface area contributed by atoms with Crippen molar-refractivity contribution in [3.63, 3.8) is 0 Å². The van der Waals surface area contributed by atoms with Crippen molar-refractivity contribution in [3.05, 3.63) is 144 Å². The summed E-state index contributed by atoms with van der Waals surface area (Å²) in [6.45, 7) is 101.